The maximum atomic E-state index is 9.92. The zero-order valence-electron chi connectivity index (χ0n) is 13.0. The number of fused-ring (bicyclic) bond motifs is 1. The van der Waals surface area contributed by atoms with Crippen molar-refractivity contribution in [2.24, 2.45) is 0 Å². The van der Waals surface area contributed by atoms with Crippen molar-refractivity contribution < 1.29 is 22.6 Å². The van der Waals surface area contributed by atoms with Crippen molar-refractivity contribution in [3.63, 3.8) is 0 Å². The van der Waals surface area contributed by atoms with Crippen LogP contribution in [0.25, 0.3) is 0 Å². The number of aromatic hydroxyl groups is 2. The normalized spacial score (nSPS) is 17.7. The molecule has 0 bridgehead atoms. The number of phenols is 2. The summed E-state index contributed by atoms with van der Waals surface area (Å²) in [5, 5.41) is 19.7. The Morgan fingerprint density at radius 2 is 1.83 bits per heavy atom. The van der Waals surface area contributed by atoms with E-state index < -0.39 is 0 Å². The van der Waals surface area contributed by atoms with Gasteiger partial charge in [0.05, 0.1) is 0 Å². The molecule has 0 aromatic heterocycles. The summed E-state index contributed by atoms with van der Waals surface area (Å²) in [6, 6.07) is 13.8. The van der Waals surface area contributed by atoms with Gasteiger partial charge in [0.2, 0.25) is 0 Å². The minimum Gasteiger partial charge on any atom is -1.00 e. The van der Waals surface area contributed by atoms with Gasteiger partial charge in [-0.1, -0.05) is 36.4 Å². The van der Waals surface area contributed by atoms with E-state index >= 15 is 0 Å². The highest BCUT2D eigenvalue weighted by molar-refractivity contribution is 5.50. The summed E-state index contributed by atoms with van der Waals surface area (Å²) in [5.74, 6) is 0.102. The molecular formula is C19H21ClNO2-. The minimum atomic E-state index is -0.0446. The predicted molar refractivity (Wildman–Crippen MR) is 88.4 cm³/mol. The Balaban J connectivity index is 0.00000192. The van der Waals surface area contributed by atoms with Gasteiger partial charge in [-0.25, -0.2) is 0 Å². The smallest absolute Gasteiger partial charge is 0.157 e. The summed E-state index contributed by atoms with van der Waals surface area (Å²) in [4.78, 5) is 2.36. The van der Waals surface area contributed by atoms with Crippen molar-refractivity contribution in [2.45, 2.75) is 12.3 Å². The van der Waals surface area contributed by atoms with E-state index in [1.807, 2.05) is 24.3 Å². The second-order valence-corrected chi connectivity index (χ2v) is 5.80. The summed E-state index contributed by atoms with van der Waals surface area (Å²) in [7, 11) is 0. The van der Waals surface area contributed by atoms with Gasteiger partial charge in [0, 0.05) is 25.6 Å². The molecule has 1 heterocycles. The summed E-state index contributed by atoms with van der Waals surface area (Å²) >= 11 is 0. The van der Waals surface area contributed by atoms with Crippen LogP contribution in [0.5, 0.6) is 11.5 Å². The first-order valence-electron chi connectivity index (χ1n) is 7.62. The summed E-state index contributed by atoms with van der Waals surface area (Å²) in [6.45, 7) is 6.49. The number of phenolic OH excluding ortho intramolecular Hbond substituents is 2. The lowest BCUT2D eigenvalue weighted by Gasteiger charge is -2.24. The number of benzene rings is 2. The first-order chi connectivity index (χ1) is 10.7. The molecule has 2 N–H and O–H groups in total. The standard InChI is InChI=1S/C19H21NO2.ClH/c1-2-9-20-10-8-15-11-18(21)19(22)12-16(15)17(13-20)14-6-4-3-5-7-14;/h2-7,11-12,17,21-22H,1,8-10,13H2;1H/p-1. The molecule has 0 aliphatic carbocycles. The maximum Gasteiger partial charge on any atom is 0.157 e. The van der Waals surface area contributed by atoms with Gasteiger partial charge in [-0.05, 0) is 35.2 Å². The fourth-order valence-corrected chi connectivity index (χ4v) is 3.22. The third-order valence-electron chi connectivity index (χ3n) is 4.34. The molecule has 0 spiro atoms. The Morgan fingerprint density at radius 3 is 2.52 bits per heavy atom. The van der Waals surface area contributed by atoms with Crippen molar-refractivity contribution in [2.75, 3.05) is 19.6 Å². The third-order valence-corrected chi connectivity index (χ3v) is 4.34. The van der Waals surface area contributed by atoms with Crippen molar-refractivity contribution in [1.29, 1.82) is 0 Å². The molecule has 122 valence electrons. The summed E-state index contributed by atoms with van der Waals surface area (Å²) in [6.07, 6.45) is 2.79. The SMILES string of the molecule is C=CCN1CCc2cc(O)c(O)cc2C(c2ccccc2)C1.[Cl-]. The van der Waals surface area contributed by atoms with Crippen LogP contribution in [-0.4, -0.2) is 34.7 Å². The zero-order valence-corrected chi connectivity index (χ0v) is 13.7. The predicted octanol–water partition coefficient (Wildman–Crippen LogP) is 0.278. The molecular weight excluding hydrogens is 310 g/mol. The lowest BCUT2D eigenvalue weighted by molar-refractivity contribution is -0.00000619. The van der Waals surface area contributed by atoms with E-state index in [1.165, 1.54) is 5.56 Å². The van der Waals surface area contributed by atoms with Crippen LogP contribution in [0.1, 0.15) is 22.6 Å². The van der Waals surface area contributed by atoms with Gasteiger partial charge in [-0.2, -0.15) is 0 Å². The highest BCUT2D eigenvalue weighted by Gasteiger charge is 2.25. The first kappa shape index (κ1) is 17.4. The molecule has 0 saturated heterocycles. The number of halogens is 1. The van der Waals surface area contributed by atoms with Gasteiger partial charge in [-0.15, -0.1) is 6.58 Å². The van der Waals surface area contributed by atoms with Gasteiger partial charge in [0.15, 0.2) is 11.5 Å². The van der Waals surface area contributed by atoms with Crippen LogP contribution in [0.15, 0.2) is 55.1 Å². The Labute approximate surface area is 143 Å². The molecule has 0 saturated carbocycles. The van der Waals surface area contributed by atoms with Crippen LogP contribution in [0.2, 0.25) is 0 Å². The number of hydrogen-bond donors (Lipinski definition) is 2. The van der Waals surface area contributed by atoms with Gasteiger partial charge >= 0.3 is 0 Å². The average Bonchev–Trinajstić information content (AvgIpc) is 2.70. The topological polar surface area (TPSA) is 43.7 Å². The van der Waals surface area contributed by atoms with E-state index in [0.29, 0.717) is 0 Å². The van der Waals surface area contributed by atoms with Crippen LogP contribution in [-0.2, 0) is 6.42 Å². The maximum absolute atomic E-state index is 9.92. The third kappa shape index (κ3) is 3.69. The largest absolute Gasteiger partial charge is 1.00 e. The highest BCUT2D eigenvalue weighted by Crippen LogP contribution is 2.37. The minimum absolute atomic E-state index is 0. The molecule has 2 aromatic rings. The van der Waals surface area contributed by atoms with Crippen LogP contribution in [0.3, 0.4) is 0 Å². The Morgan fingerprint density at radius 1 is 1.13 bits per heavy atom. The van der Waals surface area contributed by atoms with Crippen LogP contribution in [0.4, 0.5) is 0 Å². The highest BCUT2D eigenvalue weighted by atomic mass is 35.5. The zero-order chi connectivity index (χ0) is 15.5. The van der Waals surface area contributed by atoms with E-state index in [2.05, 4.69) is 23.6 Å². The number of rotatable bonds is 3. The molecule has 3 rings (SSSR count). The Bertz CT molecular complexity index is 673. The molecule has 1 atom stereocenters. The monoisotopic (exact) mass is 330 g/mol. The second-order valence-electron chi connectivity index (χ2n) is 5.80. The van der Waals surface area contributed by atoms with E-state index in [1.54, 1.807) is 12.1 Å². The van der Waals surface area contributed by atoms with Gasteiger partial charge in [0.25, 0.3) is 0 Å². The van der Waals surface area contributed by atoms with Gasteiger partial charge in [0.1, 0.15) is 0 Å². The first-order valence-corrected chi connectivity index (χ1v) is 7.62. The molecule has 1 aliphatic heterocycles. The molecule has 0 amide bonds. The molecule has 23 heavy (non-hydrogen) atoms. The lowest BCUT2D eigenvalue weighted by atomic mass is 9.87. The molecule has 2 aromatic carbocycles. The van der Waals surface area contributed by atoms with Crippen molar-refractivity contribution >= 4 is 0 Å². The van der Waals surface area contributed by atoms with Crippen LogP contribution in [0, 0.1) is 0 Å². The molecule has 1 aliphatic rings. The van der Waals surface area contributed by atoms with Gasteiger partial charge in [-0.3, -0.25) is 4.90 Å². The van der Waals surface area contributed by atoms with E-state index in [9.17, 15) is 10.2 Å². The summed E-state index contributed by atoms with van der Waals surface area (Å²) < 4.78 is 0. The van der Waals surface area contributed by atoms with Crippen LogP contribution >= 0.6 is 0 Å². The van der Waals surface area contributed by atoms with Crippen LogP contribution < -0.4 is 12.4 Å². The summed E-state index contributed by atoms with van der Waals surface area (Å²) in [5.41, 5.74) is 3.44. The van der Waals surface area contributed by atoms with E-state index in [4.69, 9.17) is 0 Å². The molecule has 3 nitrogen and oxygen atoms in total. The molecule has 0 fully saturated rings. The Hall–Kier alpha value is -1.97. The molecule has 4 heteroatoms. The van der Waals surface area contributed by atoms with Crippen molar-refractivity contribution in [3.05, 3.63) is 71.8 Å². The fraction of sp³-hybridized carbons (Fsp3) is 0.263. The van der Waals surface area contributed by atoms with E-state index in [0.717, 1.165) is 37.2 Å². The van der Waals surface area contributed by atoms with E-state index in [-0.39, 0.29) is 29.8 Å². The number of hydrogen-bond acceptors (Lipinski definition) is 3. The van der Waals surface area contributed by atoms with Crippen molar-refractivity contribution in [3.8, 4) is 11.5 Å². The second kappa shape index (κ2) is 7.53. The quantitative estimate of drug-likeness (QED) is 0.627. The average molecular weight is 331 g/mol. The number of nitrogens with zero attached hydrogens (tertiary/aromatic N) is 1. The van der Waals surface area contributed by atoms with Gasteiger partial charge < -0.3 is 22.6 Å². The molecule has 0 radical (unpaired) electrons. The fourth-order valence-electron chi connectivity index (χ4n) is 3.22. The van der Waals surface area contributed by atoms with Crippen molar-refractivity contribution in [1.82, 2.24) is 4.90 Å². The lowest BCUT2D eigenvalue weighted by Crippen LogP contribution is -3.00. The Kier molecular flexibility index (Phi) is 5.69. The molecule has 1 unspecified atom stereocenters.